The molecule has 3 N–H and O–H groups in total. The van der Waals surface area contributed by atoms with E-state index in [9.17, 15) is 4.79 Å². The Morgan fingerprint density at radius 2 is 2.11 bits per heavy atom. The maximum Gasteiger partial charge on any atom is 0.252 e. The molecule has 3 nitrogen and oxygen atoms in total. The summed E-state index contributed by atoms with van der Waals surface area (Å²) >= 11 is 1.63. The second-order valence-corrected chi connectivity index (χ2v) is 6.29. The number of hydrogen-bond donors (Lipinski definition) is 2. The second-order valence-electron chi connectivity index (χ2n) is 5.41. The largest absolute Gasteiger partial charge is 0.345 e. The van der Waals surface area contributed by atoms with Gasteiger partial charge in [0.15, 0.2) is 0 Å². The highest BCUT2D eigenvalue weighted by molar-refractivity contribution is 7.98. The molecular weight excluding hydrogens is 256 g/mol. The van der Waals surface area contributed by atoms with Crippen molar-refractivity contribution in [1.82, 2.24) is 5.32 Å². The van der Waals surface area contributed by atoms with Crippen LogP contribution in [0, 0.1) is 12.8 Å². The Hall–Kier alpha value is -1.00. The molecule has 0 heterocycles. The lowest BCUT2D eigenvalue weighted by molar-refractivity contribution is 0.0882. The summed E-state index contributed by atoms with van der Waals surface area (Å²) in [5.41, 5.74) is 7.15. The molecule has 1 amide bonds. The third-order valence-electron chi connectivity index (χ3n) is 3.79. The van der Waals surface area contributed by atoms with E-state index >= 15 is 0 Å². The van der Waals surface area contributed by atoms with Crippen LogP contribution in [0.3, 0.4) is 0 Å². The molecule has 1 aromatic carbocycles. The molecule has 0 aromatic heterocycles. The Kier molecular flexibility index (Phi) is 5.44. The molecule has 1 aromatic rings. The van der Waals surface area contributed by atoms with Gasteiger partial charge >= 0.3 is 0 Å². The van der Waals surface area contributed by atoms with E-state index in [0.717, 1.165) is 16.0 Å². The van der Waals surface area contributed by atoms with Crippen LogP contribution >= 0.6 is 11.8 Å². The quantitative estimate of drug-likeness (QED) is 0.815. The summed E-state index contributed by atoms with van der Waals surface area (Å²) in [5.74, 6) is 0.237. The molecule has 1 atom stereocenters. The molecule has 0 aliphatic carbocycles. The molecule has 19 heavy (non-hydrogen) atoms. The zero-order valence-electron chi connectivity index (χ0n) is 12.4. The molecule has 0 aliphatic rings. The first kappa shape index (κ1) is 16.1. The average Bonchev–Trinajstić information content (AvgIpc) is 2.38. The fraction of sp³-hybridized carbons (Fsp3) is 0.533. The fourth-order valence-corrected chi connectivity index (χ4v) is 2.17. The Labute approximate surface area is 120 Å². The van der Waals surface area contributed by atoms with E-state index in [2.05, 4.69) is 19.2 Å². The predicted molar refractivity (Wildman–Crippen MR) is 82.7 cm³/mol. The Bertz CT molecular complexity index is 459. The minimum absolute atomic E-state index is 0.0462. The van der Waals surface area contributed by atoms with E-state index in [1.54, 1.807) is 11.8 Å². The second kappa shape index (κ2) is 6.44. The van der Waals surface area contributed by atoms with Crippen LogP contribution in [0.5, 0.6) is 0 Å². The third kappa shape index (κ3) is 3.74. The third-order valence-corrected chi connectivity index (χ3v) is 4.51. The number of nitrogens with one attached hydrogen (secondary N) is 1. The van der Waals surface area contributed by atoms with Gasteiger partial charge in [-0.1, -0.05) is 19.9 Å². The van der Waals surface area contributed by atoms with E-state index in [1.807, 2.05) is 38.3 Å². The summed E-state index contributed by atoms with van der Waals surface area (Å²) < 4.78 is 0. The molecular formula is C15H24N2OS. The van der Waals surface area contributed by atoms with Crippen molar-refractivity contribution in [3.8, 4) is 0 Å². The minimum Gasteiger partial charge on any atom is -0.345 e. The van der Waals surface area contributed by atoms with Crippen molar-refractivity contribution in [3.05, 3.63) is 29.3 Å². The number of aryl methyl sites for hydroxylation is 1. The number of thioether (sulfide) groups is 1. The van der Waals surface area contributed by atoms with Crippen molar-refractivity contribution in [2.24, 2.45) is 11.7 Å². The van der Waals surface area contributed by atoms with Crippen LogP contribution in [0.15, 0.2) is 23.1 Å². The molecule has 0 saturated heterocycles. The normalized spacial score (nSPS) is 14.3. The smallest absolute Gasteiger partial charge is 0.252 e. The average molecular weight is 280 g/mol. The van der Waals surface area contributed by atoms with Crippen LogP contribution < -0.4 is 11.1 Å². The van der Waals surface area contributed by atoms with Crippen LogP contribution in [0.25, 0.3) is 0 Å². The topological polar surface area (TPSA) is 55.1 Å². The molecule has 1 unspecified atom stereocenters. The number of carbonyl (C=O) groups excluding carboxylic acids is 1. The van der Waals surface area contributed by atoms with Gasteiger partial charge in [-0.3, -0.25) is 4.79 Å². The first-order valence-electron chi connectivity index (χ1n) is 6.51. The lowest BCUT2D eigenvalue weighted by atomic mass is 9.88. The zero-order valence-corrected chi connectivity index (χ0v) is 13.2. The maximum atomic E-state index is 12.4. The highest BCUT2D eigenvalue weighted by Gasteiger charge is 2.29. The number of rotatable bonds is 5. The lowest BCUT2D eigenvalue weighted by Crippen LogP contribution is -2.55. The van der Waals surface area contributed by atoms with Gasteiger partial charge in [0, 0.05) is 17.0 Å². The van der Waals surface area contributed by atoms with Crippen molar-refractivity contribution in [1.29, 1.82) is 0 Å². The summed E-state index contributed by atoms with van der Waals surface area (Å²) in [6.45, 7) is 8.51. The Morgan fingerprint density at radius 1 is 1.47 bits per heavy atom. The van der Waals surface area contributed by atoms with Crippen LogP contribution in [0.4, 0.5) is 0 Å². The summed E-state index contributed by atoms with van der Waals surface area (Å²) in [5, 5.41) is 3.08. The molecule has 0 radical (unpaired) electrons. The van der Waals surface area contributed by atoms with E-state index in [4.69, 9.17) is 5.73 Å². The van der Waals surface area contributed by atoms with E-state index in [0.29, 0.717) is 6.54 Å². The molecule has 0 fully saturated rings. The highest BCUT2D eigenvalue weighted by atomic mass is 32.2. The van der Waals surface area contributed by atoms with Gasteiger partial charge in [0.1, 0.15) is 0 Å². The van der Waals surface area contributed by atoms with Crippen LogP contribution in [0.1, 0.15) is 36.7 Å². The fourth-order valence-electron chi connectivity index (χ4n) is 1.73. The zero-order chi connectivity index (χ0) is 14.6. The molecule has 0 bridgehead atoms. The van der Waals surface area contributed by atoms with Crippen LogP contribution in [0.2, 0.25) is 0 Å². The Morgan fingerprint density at radius 3 is 2.58 bits per heavy atom. The van der Waals surface area contributed by atoms with Gasteiger partial charge in [0.25, 0.3) is 5.91 Å². The van der Waals surface area contributed by atoms with Gasteiger partial charge in [0.05, 0.1) is 5.54 Å². The molecule has 0 saturated carbocycles. The standard InChI is InChI=1S/C15H24N2OS/c1-10(2)15(4,9-16)17-14(18)13-8-12(19-5)7-6-11(13)3/h6-8,10H,9,16H2,1-5H3,(H,17,18). The molecule has 1 rings (SSSR count). The number of nitrogens with two attached hydrogens (primary N) is 1. The number of carbonyl (C=O) groups is 1. The van der Waals surface area contributed by atoms with Crippen LogP contribution in [-0.4, -0.2) is 24.2 Å². The van der Waals surface area contributed by atoms with Gasteiger partial charge in [-0.05, 0) is 43.7 Å². The number of amides is 1. The predicted octanol–water partition coefficient (Wildman–Crippen LogP) is 2.82. The van der Waals surface area contributed by atoms with Gasteiger partial charge in [-0.15, -0.1) is 11.8 Å². The van der Waals surface area contributed by atoms with E-state index in [-0.39, 0.29) is 17.4 Å². The first-order chi connectivity index (χ1) is 8.84. The Balaban J connectivity index is 3.01. The van der Waals surface area contributed by atoms with Crippen LogP contribution in [-0.2, 0) is 0 Å². The minimum atomic E-state index is -0.376. The van der Waals surface area contributed by atoms with Gasteiger partial charge in [-0.25, -0.2) is 0 Å². The first-order valence-corrected chi connectivity index (χ1v) is 7.73. The SMILES string of the molecule is CSc1ccc(C)c(C(=O)NC(C)(CN)C(C)C)c1. The van der Waals surface area contributed by atoms with E-state index < -0.39 is 0 Å². The molecule has 106 valence electrons. The summed E-state index contributed by atoms with van der Waals surface area (Å²) in [7, 11) is 0. The van der Waals surface area contributed by atoms with Crippen molar-refractivity contribution in [2.75, 3.05) is 12.8 Å². The molecule has 4 heteroatoms. The molecule has 0 aliphatic heterocycles. The summed E-state index contributed by atoms with van der Waals surface area (Å²) in [6.07, 6.45) is 2.00. The number of hydrogen-bond acceptors (Lipinski definition) is 3. The van der Waals surface area contributed by atoms with Gasteiger partial charge < -0.3 is 11.1 Å². The highest BCUT2D eigenvalue weighted by Crippen LogP contribution is 2.21. The maximum absolute atomic E-state index is 12.4. The summed E-state index contributed by atoms with van der Waals surface area (Å²) in [4.78, 5) is 13.5. The lowest BCUT2D eigenvalue weighted by Gasteiger charge is -2.33. The van der Waals surface area contributed by atoms with Crippen molar-refractivity contribution >= 4 is 17.7 Å². The van der Waals surface area contributed by atoms with Crippen molar-refractivity contribution in [3.63, 3.8) is 0 Å². The van der Waals surface area contributed by atoms with E-state index in [1.165, 1.54) is 0 Å². The van der Waals surface area contributed by atoms with Gasteiger partial charge in [0.2, 0.25) is 0 Å². The monoisotopic (exact) mass is 280 g/mol. The number of benzene rings is 1. The van der Waals surface area contributed by atoms with Crippen molar-refractivity contribution < 1.29 is 4.79 Å². The van der Waals surface area contributed by atoms with Crippen molar-refractivity contribution in [2.45, 2.75) is 38.1 Å². The molecule has 0 spiro atoms. The van der Waals surface area contributed by atoms with Gasteiger partial charge in [-0.2, -0.15) is 0 Å². The summed E-state index contributed by atoms with van der Waals surface area (Å²) in [6, 6.07) is 5.95.